The molecule has 98 valence electrons. The van der Waals surface area contributed by atoms with Gasteiger partial charge < -0.3 is 10.6 Å². The lowest BCUT2D eigenvalue weighted by atomic mass is 9.99. The van der Waals surface area contributed by atoms with Crippen molar-refractivity contribution in [1.29, 1.82) is 0 Å². The maximum atomic E-state index is 13.5. The summed E-state index contributed by atoms with van der Waals surface area (Å²) in [6.45, 7) is 1.45. The molecule has 6 heteroatoms. The molecule has 1 heterocycles. The summed E-state index contributed by atoms with van der Waals surface area (Å²) in [5.41, 5.74) is -0.159. The van der Waals surface area contributed by atoms with Gasteiger partial charge in [-0.05, 0) is 25.5 Å². The number of hydrogen-bond donors (Lipinski definition) is 2. The molecule has 0 spiro atoms. The second-order valence-corrected chi connectivity index (χ2v) is 4.68. The van der Waals surface area contributed by atoms with Gasteiger partial charge in [0.05, 0.1) is 16.6 Å². The van der Waals surface area contributed by atoms with E-state index in [4.69, 9.17) is 11.6 Å². The van der Waals surface area contributed by atoms with E-state index in [2.05, 4.69) is 10.6 Å². The topological polar surface area (TPSA) is 41.1 Å². The molecule has 1 saturated heterocycles. The molecule has 0 aromatic heterocycles. The van der Waals surface area contributed by atoms with Crippen LogP contribution in [0.2, 0.25) is 5.02 Å². The predicted molar refractivity (Wildman–Crippen MR) is 65.6 cm³/mol. The maximum Gasteiger partial charge on any atom is 0.228 e. The van der Waals surface area contributed by atoms with E-state index in [-0.39, 0.29) is 22.5 Å². The molecule has 18 heavy (non-hydrogen) atoms. The number of nitrogens with one attached hydrogen (secondary N) is 2. The highest BCUT2D eigenvalue weighted by molar-refractivity contribution is 6.33. The third-order valence-corrected chi connectivity index (χ3v) is 3.22. The maximum absolute atomic E-state index is 13.5. The SMILES string of the molecule is O=C(Nc1c(F)cc(F)cc1Cl)[C@@H]1CCCNC1. The molecule has 3 nitrogen and oxygen atoms in total. The van der Waals surface area contributed by atoms with Gasteiger partial charge >= 0.3 is 0 Å². The molecular formula is C12H13ClF2N2O. The quantitative estimate of drug-likeness (QED) is 0.870. The van der Waals surface area contributed by atoms with Crippen LogP contribution >= 0.6 is 11.6 Å². The Morgan fingerprint density at radius 2 is 2.22 bits per heavy atom. The first-order valence-electron chi connectivity index (χ1n) is 5.74. The van der Waals surface area contributed by atoms with E-state index in [0.29, 0.717) is 12.6 Å². The summed E-state index contributed by atoms with van der Waals surface area (Å²) in [4.78, 5) is 11.9. The number of carbonyl (C=O) groups is 1. The zero-order valence-electron chi connectivity index (χ0n) is 9.60. The summed E-state index contributed by atoms with van der Waals surface area (Å²) >= 11 is 5.71. The Labute approximate surface area is 109 Å². The van der Waals surface area contributed by atoms with Crippen molar-refractivity contribution >= 4 is 23.2 Å². The van der Waals surface area contributed by atoms with E-state index < -0.39 is 11.6 Å². The van der Waals surface area contributed by atoms with Crippen molar-refractivity contribution in [2.75, 3.05) is 18.4 Å². The normalized spacial score (nSPS) is 19.6. The molecule has 0 radical (unpaired) electrons. The Morgan fingerprint density at radius 3 is 2.83 bits per heavy atom. The van der Waals surface area contributed by atoms with Gasteiger partial charge in [-0.1, -0.05) is 11.6 Å². The van der Waals surface area contributed by atoms with E-state index in [1.165, 1.54) is 0 Å². The Morgan fingerprint density at radius 1 is 1.44 bits per heavy atom. The first kappa shape index (κ1) is 13.2. The highest BCUT2D eigenvalue weighted by Crippen LogP contribution is 2.27. The Bertz CT molecular complexity index is 438. The number of halogens is 3. The molecule has 1 aromatic rings. The van der Waals surface area contributed by atoms with Gasteiger partial charge in [-0.15, -0.1) is 0 Å². The molecule has 0 aliphatic carbocycles. The van der Waals surface area contributed by atoms with Crippen LogP contribution in [0.25, 0.3) is 0 Å². The minimum Gasteiger partial charge on any atom is -0.322 e. The molecule has 0 bridgehead atoms. The van der Waals surface area contributed by atoms with Crippen molar-refractivity contribution in [3.05, 3.63) is 28.8 Å². The van der Waals surface area contributed by atoms with Crippen LogP contribution in [0.15, 0.2) is 12.1 Å². The number of rotatable bonds is 2. The lowest BCUT2D eigenvalue weighted by molar-refractivity contribution is -0.120. The zero-order valence-corrected chi connectivity index (χ0v) is 10.4. The summed E-state index contributed by atoms with van der Waals surface area (Å²) in [6.07, 6.45) is 1.65. The third kappa shape index (κ3) is 2.97. The summed E-state index contributed by atoms with van der Waals surface area (Å²) in [5.74, 6) is -2.14. The summed E-state index contributed by atoms with van der Waals surface area (Å²) in [7, 11) is 0. The van der Waals surface area contributed by atoms with Crippen molar-refractivity contribution in [2.45, 2.75) is 12.8 Å². The second kappa shape index (κ2) is 5.63. The molecule has 1 fully saturated rings. The number of benzene rings is 1. The van der Waals surface area contributed by atoms with E-state index >= 15 is 0 Å². The highest BCUT2D eigenvalue weighted by Gasteiger charge is 2.22. The van der Waals surface area contributed by atoms with Crippen molar-refractivity contribution < 1.29 is 13.6 Å². The monoisotopic (exact) mass is 274 g/mol. The van der Waals surface area contributed by atoms with Crippen molar-refractivity contribution in [1.82, 2.24) is 5.32 Å². The number of piperidine rings is 1. The lowest BCUT2D eigenvalue weighted by Gasteiger charge is -2.22. The van der Waals surface area contributed by atoms with Gasteiger partial charge in [0.2, 0.25) is 5.91 Å². The number of hydrogen-bond acceptors (Lipinski definition) is 2. The van der Waals surface area contributed by atoms with Crippen LogP contribution in [-0.4, -0.2) is 19.0 Å². The van der Waals surface area contributed by atoms with Crippen LogP contribution in [0.1, 0.15) is 12.8 Å². The zero-order chi connectivity index (χ0) is 13.1. The molecule has 0 unspecified atom stereocenters. The lowest BCUT2D eigenvalue weighted by Crippen LogP contribution is -2.37. The Balaban J connectivity index is 2.11. The molecule has 1 aliphatic rings. The average Bonchev–Trinajstić information content (AvgIpc) is 2.34. The fourth-order valence-electron chi connectivity index (χ4n) is 1.96. The third-order valence-electron chi connectivity index (χ3n) is 2.92. The fraction of sp³-hybridized carbons (Fsp3) is 0.417. The molecule has 1 aromatic carbocycles. The minimum absolute atomic E-state index is 0.135. The average molecular weight is 275 g/mol. The van der Waals surface area contributed by atoms with Crippen molar-refractivity contribution in [3.63, 3.8) is 0 Å². The second-order valence-electron chi connectivity index (χ2n) is 4.28. The molecule has 2 rings (SSSR count). The standard InChI is InChI=1S/C12H13ClF2N2O/c13-9-4-8(14)5-10(15)11(9)17-12(18)7-2-1-3-16-6-7/h4-5,7,16H,1-3,6H2,(H,17,18)/t7-/m1/s1. The van der Waals surface area contributed by atoms with Gasteiger partial charge in [-0.25, -0.2) is 8.78 Å². The molecule has 0 saturated carbocycles. The van der Waals surface area contributed by atoms with Crippen LogP contribution in [-0.2, 0) is 4.79 Å². The number of carbonyl (C=O) groups excluding carboxylic acids is 1. The van der Waals surface area contributed by atoms with Crippen LogP contribution in [0, 0.1) is 17.6 Å². The molecule has 1 amide bonds. The molecule has 1 atom stereocenters. The number of anilines is 1. The summed E-state index contributed by atoms with van der Waals surface area (Å²) in [5, 5.41) is 5.38. The van der Waals surface area contributed by atoms with Gasteiger partial charge in [0.15, 0.2) is 5.82 Å². The smallest absolute Gasteiger partial charge is 0.228 e. The van der Waals surface area contributed by atoms with Crippen molar-refractivity contribution in [2.24, 2.45) is 5.92 Å². The van der Waals surface area contributed by atoms with E-state index in [1.807, 2.05) is 0 Å². The van der Waals surface area contributed by atoms with Crippen LogP contribution in [0.4, 0.5) is 14.5 Å². The molecule has 2 N–H and O–H groups in total. The van der Waals surface area contributed by atoms with Gasteiger partial charge in [0.25, 0.3) is 0 Å². The van der Waals surface area contributed by atoms with Gasteiger partial charge in [-0.3, -0.25) is 4.79 Å². The minimum atomic E-state index is -0.864. The Hall–Kier alpha value is -1.20. The van der Waals surface area contributed by atoms with Crippen LogP contribution in [0.5, 0.6) is 0 Å². The highest BCUT2D eigenvalue weighted by atomic mass is 35.5. The first-order chi connectivity index (χ1) is 8.58. The van der Waals surface area contributed by atoms with E-state index in [0.717, 1.165) is 25.5 Å². The van der Waals surface area contributed by atoms with Gasteiger partial charge in [-0.2, -0.15) is 0 Å². The van der Waals surface area contributed by atoms with Gasteiger partial charge in [0.1, 0.15) is 5.82 Å². The summed E-state index contributed by atoms with van der Waals surface area (Å²) < 4.78 is 26.3. The van der Waals surface area contributed by atoms with E-state index in [1.54, 1.807) is 0 Å². The molecule has 1 aliphatic heterocycles. The van der Waals surface area contributed by atoms with E-state index in [9.17, 15) is 13.6 Å². The van der Waals surface area contributed by atoms with Crippen LogP contribution < -0.4 is 10.6 Å². The largest absolute Gasteiger partial charge is 0.322 e. The van der Waals surface area contributed by atoms with Gasteiger partial charge in [0, 0.05) is 12.6 Å². The van der Waals surface area contributed by atoms with Crippen LogP contribution in [0.3, 0.4) is 0 Å². The number of amides is 1. The fourth-order valence-corrected chi connectivity index (χ4v) is 2.20. The summed E-state index contributed by atoms with van der Waals surface area (Å²) in [6, 6.07) is 1.67. The molecular weight excluding hydrogens is 262 g/mol. The predicted octanol–water partition coefficient (Wildman–Crippen LogP) is 2.56. The van der Waals surface area contributed by atoms with Crippen molar-refractivity contribution in [3.8, 4) is 0 Å². The first-order valence-corrected chi connectivity index (χ1v) is 6.12. The Kier molecular flexibility index (Phi) is 4.14.